The standard InChI is InChI=1S/C23H32O3/c1-16(2)12-13-26-21-11-8-17(15-22(21)25-3)14-19-9-10-20(23(19)24)18-6-4-5-7-18/h8,11,14-16,18,20H,4-7,9-10,12-13H2,1-3H3/b19-14+/t20-/m0/s1. The highest BCUT2D eigenvalue weighted by atomic mass is 16.5. The minimum atomic E-state index is 0.268. The summed E-state index contributed by atoms with van der Waals surface area (Å²) in [7, 11) is 1.67. The van der Waals surface area contributed by atoms with Gasteiger partial charge in [-0.1, -0.05) is 32.8 Å². The van der Waals surface area contributed by atoms with Gasteiger partial charge in [-0.05, 0) is 73.3 Å². The lowest BCUT2D eigenvalue weighted by molar-refractivity contribution is -0.119. The molecule has 1 aromatic carbocycles. The largest absolute Gasteiger partial charge is 0.493 e. The van der Waals surface area contributed by atoms with E-state index in [-0.39, 0.29) is 5.92 Å². The van der Waals surface area contributed by atoms with E-state index >= 15 is 0 Å². The fourth-order valence-electron chi connectivity index (χ4n) is 4.26. The third-order valence-corrected chi connectivity index (χ3v) is 5.83. The van der Waals surface area contributed by atoms with Gasteiger partial charge in [-0.3, -0.25) is 4.79 Å². The predicted octanol–water partition coefficient (Wildman–Crippen LogP) is 5.67. The number of ketones is 1. The average molecular weight is 357 g/mol. The van der Waals surface area contributed by atoms with Gasteiger partial charge in [0.25, 0.3) is 0 Å². The Balaban J connectivity index is 1.69. The van der Waals surface area contributed by atoms with Crippen molar-refractivity contribution in [2.45, 2.75) is 58.8 Å². The molecule has 2 aliphatic carbocycles. The maximum atomic E-state index is 12.8. The summed E-state index contributed by atoms with van der Waals surface area (Å²) >= 11 is 0. The fraction of sp³-hybridized carbons (Fsp3) is 0.609. The maximum absolute atomic E-state index is 12.8. The number of allylic oxidation sites excluding steroid dienone is 1. The van der Waals surface area contributed by atoms with Crippen LogP contribution in [0.1, 0.15) is 64.4 Å². The number of ether oxygens (including phenoxy) is 2. The van der Waals surface area contributed by atoms with Crippen LogP contribution in [-0.2, 0) is 4.79 Å². The van der Waals surface area contributed by atoms with Gasteiger partial charge in [-0.2, -0.15) is 0 Å². The number of carbonyl (C=O) groups is 1. The minimum Gasteiger partial charge on any atom is -0.493 e. The van der Waals surface area contributed by atoms with E-state index in [0.717, 1.165) is 41.9 Å². The van der Waals surface area contributed by atoms with E-state index in [1.807, 2.05) is 18.2 Å². The molecule has 26 heavy (non-hydrogen) atoms. The Hall–Kier alpha value is -1.77. The van der Waals surface area contributed by atoms with Crippen molar-refractivity contribution in [1.29, 1.82) is 0 Å². The van der Waals surface area contributed by atoms with Gasteiger partial charge in [0.15, 0.2) is 17.3 Å². The molecule has 2 aliphatic rings. The zero-order valence-electron chi connectivity index (χ0n) is 16.4. The second kappa shape index (κ2) is 8.75. The third kappa shape index (κ3) is 4.49. The van der Waals surface area contributed by atoms with Crippen molar-refractivity contribution in [2.75, 3.05) is 13.7 Å². The van der Waals surface area contributed by atoms with E-state index in [9.17, 15) is 4.79 Å². The minimum absolute atomic E-state index is 0.268. The van der Waals surface area contributed by atoms with E-state index in [4.69, 9.17) is 9.47 Å². The highest BCUT2D eigenvalue weighted by Crippen LogP contribution is 2.41. The lowest BCUT2D eigenvalue weighted by Gasteiger charge is -2.15. The maximum Gasteiger partial charge on any atom is 0.162 e. The van der Waals surface area contributed by atoms with Crippen LogP contribution in [0.3, 0.4) is 0 Å². The molecule has 2 fully saturated rings. The highest BCUT2D eigenvalue weighted by Gasteiger charge is 2.36. The molecule has 0 radical (unpaired) electrons. The number of rotatable bonds is 7. The molecule has 0 bridgehead atoms. The smallest absolute Gasteiger partial charge is 0.162 e. The summed E-state index contributed by atoms with van der Waals surface area (Å²) in [6.07, 6.45) is 10.1. The molecule has 0 unspecified atom stereocenters. The summed E-state index contributed by atoms with van der Waals surface area (Å²) < 4.78 is 11.4. The molecule has 3 nitrogen and oxygen atoms in total. The summed E-state index contributed by atoms with van der Waals surface area (Å²) in [5.74, 6) is 3.40. The summed E-state index contributed by atoms with van der Waals surface area (Å²) in [6.45, 7) is 5.07. The number of hydrogen-bond donors (Lipinski definition) is 0. The van der Waals surface area contributed by atoms with Crippen molar-refractivity contribution in [3.8, 4) is 11.5 Å². The fourth-order valence-corrected chi connectivity index (χ4v) is 4.26. The normalized spacial score (nSPS) is 22.5. The number of hydrogen-bond acceptors (Lipinski definition) is 3. The van der Waals surface area contributed by atoms with Gasteiger partial charge in [0, 0.05) is 5.92 Å². The van der Waals surface area contributed by atoms with Crippen LogP contribution in [0.15, 0.2) is 23.8 Å². The first-order chi connectivity index (χ1) is 12.6. The molecule has 0 saturated heterocycles. The molecule has 1 aromatic rings. The van der Waals surface area contributed by atoms with Gasteiger partial charge >= 0.3 is 0 Å². The van der Waals surface area contributed by atoms with Crippen LogP contribution in [0.5, 0.6) is 11.5 Å². The molecule has 0 aromatic heterocycles. The molecule has 0 N–H and O–H groups in total. The van der Waals surface area contributed by atoms with Gasteiger partial charge in [0.1, 0.15) is 0 Å². The van der Waals surface area contributed by atoms with Crippen LogP contribution < -0.4 is 9.47 Å². The number of benzene rings is 1. The molecule has 3 heteroatoms. The number of methoxy groups -OCH3 is 1. The van der Waals surface area contributed by atoms with Crippen LogP contribution >= 0.6 is 0 Å². The Kier molecular flexibility index (Phi) is 6.39. The van der Waals surface area contributed by atoms with E-state index < -0.39 is 0 Å². The predicted molar refractivity (Wildman–Crippen MR) is 106 cm³/mol. The number of carbonyl (C=O) groups excluding carboxylic acids is 1. The Morgan fingerprint density at radius 2 is 1.92 bits per heavy atom. The van der Waals surface area contributed by atoms with Crippen molar-refractivity contribution in [1.82, 2.24) is 0 Å². The van der Waals surface area contributed by atoms with Gasteiger partial charge < -0.3 is 9.47 Å². The second-order valence-corrected chi connectivity index (χ2v) is 8.16. The van der Waals surface area contributed by atoms with Crippen LogP contribution in [0, 0.1) is 17.8 Å². The molecule has 2 saturated carbocycles. The lowest BCUT2D eigenvalue weighted by atomic mass is 9.88. The second-order valence-electron chi connectivity index (χ2n) is 8.16. The molecule has 0 amide bonds. The quantitative estimate of drug-likeness (QED) is 0.590. The van der Waals surface area contributed by atoms with Gasteiger partial charge in [0.2, 0.25) is 0 Å². The molecular weight excluding hydrogens is 324 g/mol. The Labute approximate surface area is 157 Å². The molecular formula is C23H32O3. The summed E-state index contributed by atoms with van der Waals surface area (Å²) in [5.41, 5.74) is 2.01. The first-order valence-electron chi connectivity index (χ1n) is 10.1. The van der Waals surface area contributed by atoms with Crippen molar-refractivity contribution < 1.29 is 14.3 Å². The van der Waals surface area contributed by atoms with Crippen LogP contribution in [-0.4, -0.2) is 19.5 Å². The zero-order valence-corrected chi connectivity index (χ0v) is 16.4. The third-order valence-electron chi connectivity index (χ3n) is 5.83. The summed E-state index contributed by atoms with van der Waals surface area (Å²) in [6, 6.07) is 5.96. The monoisotopic (exact) mass is 356 g/mol. The SMILES string of the molecule is COc1cc(/C=C2\CC[C@@H](C3CCCC3)C2=O)ccc1OCCC(C)C. The average Bonchev–Trinajstić information content (AvgIpc) is 3.26. The van der Waals surface area contributed by atoms with Crippen molar-refractivity contribution >= 4 is 11.9 Å². The molecule has 0 spiro atoms. The first-order valence-corrected chi connectivity index (χ1v) is 10.1. The van der Waals surface area contributed by atoms with Crippen molar-refractivity contribution in [2.24, 2.45) is 17.8 Å². The van der Waals surface area contributed by atoms with Crippen molar-refractivity contribution in [3.05, 3.63) is 29.3 Å². The van der Waals surface area contributed by atoms with E-state index in [2.05, 4.69) is 19.9 Å². The van der Waals surface area contributed by atoms with Gasteiger partial charge in [-0.15, -0.1) is 0 Å². The van der Waals surface area contributed by atoms with Crippen LogP contribution in [0.2, 0.25) is 0 Å². The Bertz CT molecular complexity index is 653. The number of Topliss-reactive ketones (excluding diaryl/α,β-unsaturated/α-hetero) is 1. The van der Waals surface area contributed by atoms with Crippen LogP contribution in [0.25, 0.3) is 6.08 Å². The van der Waals surface area contributed by atoms with Crippen molar-refractivity contribution in [3.63, 3.8) is 0 Å². The van der Waals surface area contributed by atoms with Gasteiger partial charge in [0.05, 0.1) is 13.7 Å². The molecule has 0 aliphatic heterocycles. The Morgan fingerprint density at radius 1 is 1.15 bits per heavy atom. The lowest BCUT2D eigenvalue weighted by Crippen LogP contribution is -2.16. The van der Waals surface area contributed by atoms with E-state index in [1.54, 1.807) is 7.11 Å². The highest BCUT2D eigenvalue weighted by molar-refractivity contribution is 6.03. The van der Waals surface area contributed by atoms with Crippen LogP contribution in [0.4, 0.5) is 0 Å². The summed E-state index contributed by atoms with van der Waals surface area (Å²) in [5, 5.41) is 0. The molecule has 0 heterocycles. The summed E-state index contributed by atoms with van der Waals surface area (Å²) in [4.78, 5) is 12.8. The van der Waals surface area contributed by atoms with E-state index in [1.165, 1.54) is 25.7 Å². The zero-order chi connectivity index (χ0) is 18.5. The van der Waals surface area contributed by atoms with E-state index in [0.29, 0.717) is 24.2 Å². The Morgan fingerprint density at radius 3 is 2.62 bits per heavy atom. The topological polar surface area (TPSA) is 35.5 Å². The molecule has 142 valence electrons. The molecule has 1 atom stereocenters. The van der Waals surface area contributed by atoms with Gasteiger partial charge in [-0.25, -0.2) is 0 Å². The first kappa shape index (κ1) is 19.0. The molecule has 3 rings (SSSR count).